The minimum absolute atomic E-state index is 0.225. The fourth-order valence-electron chi connectivity index (χ4n) is 1.87. The number of rotatable bonds is 5. The standard InChI is InChI=1S/C17H16BrNO3/c1-21-13-8-9-16(22-2)12(11-13)7-10-17(20)19-15-6-4-3-5-14(15)18/h3-11H,1-2H3,(H,19,20)/b10-7+. The van der Waals surface area contributed by atoms with Crippen LogP contribution in [0.25, 0.3) is 6.08 Å². The lowest BCUT2D eigenvalue weighted by Crippen LogP contribution is -2.08. The number of carbonyl (C=O) groups excluding carboxylic acids is 1. The molecule has 2 rings (SSSR count). The Bertz CT molecular complexity index is 698. The first kappa shape index (κ1) is 16.1. The molecule has 114 valence electrons. The summed E-state index contributed by atoms with van der Waals surface area (Å²) in [5.41, 5.74) is 1.49. The number of anilines is 1. The van der Waals surface area contributed by atoms with Gasteiger partial charge in [-0.1, -0.05) is 12.1 Å². The summed E-state index contributed by atoms with van der Waals surface area (Å²) in [6.45, 7) is 0. The summed E-state index contributed by atoms with van der Waals surface area (Å²) in [5.74, 6) is 1.15. The predicted octanol–water partition coefficient (Wildman–Crippen LogP) is 4.12. The van der Waals surface area contributed by atoms with Gasteiger partial charge < -0.3 is 14.8 Å². The van der Waals surface area contributed by atoms with Crippen LogP contribution in [0.4, 0.5) is 5.69 Å². The first-order chi connectivity index (χ1) is 10.6. The second kappa shape index (κ2) is 7.66. The Labute approximate surface area is 137 Å². The van der Waals surface area contributed by atoms with Gasteiger partial charge in [0.1, 0.15) is 11.5 Å². The van der Waals surface area contributed by atoms with E-state index in [2.05, 4.69) is 21.2 Å². The maximum atomic E-state index is 12.0. The smallest absolute Gasteiger partial charge is 0.248 e. The molecule has 1 N–H and O–H groups in total. The zero-order valence-corrected chi connectivity index (χ0v) is 13.9. The molecule has 5 heteroatoms. The van der Waals surface area contributed by atoms with E-state index in [0.717, 1.165) is 15.7 Å². The lowest BCUT2D eigenvalue weighted by atomic mass is 10.1. The summed E-state index contributed by atoms with van der Waals surface area (Å²) in [6, 6.07) is 12.8. The molecule has 22 heavy (non-hydrogen) atoms. The van der Waals surface area contributed by atoms with Crippen molar-refractivity contribution in [3.63, 3.8) is 0 Å². The van der Waals surface area contributed by atoms with E-state index in [0.29, 0.717) is 11.5 Å². The number of ether oxygens (including phenoxy) is 2. The van der Waals surface area contributed by atoms with Gasteiger partial charge in [-0.15, -0.1) is 0 Å². The molecule has 0 spiro atoms. The number of methoxy groups -OCH3 is 2. The second-order valence-electron chi connectivity index (χ2n) is 4.41. The fourth-order valence-corrected chi connectivity index (χ4v) is 2.26. The molecule has 0 radical (unpaired) electrons. The lowest BCUT2D eigenvalue weighted by molar-refractivity contribution is -0.111. The summed E-state index contributed by atoms with van der Waals surface area (Å²) in [4.78, 5) is 12.0. The van der Waals surface area contributed by atoms with Crippen LogP contribution < -0.4 is 14.8 Å². The van der Waals surface area contributed by atoms with E-state index < -0.39 is 0 Å². The van der Waals surface area contributed by atoms with Gasteiger partial charge in [-0.3, -0.25) is 4.79 Å². The minimum Gasteiger partial charge on any atom is -0.497 e. The topological polar surface area (TPSA) is 47.6 Å². The summed E-state index contributed by atoms with van der Waals surface area (Å²) in [7, 11) is 3.18. The van der Waals surface area contributed by atoms with Crippen molar-refractivity contribution < 1.29 is 14.3 Å². The van der Waals surface area contributed by atoms with Crippen molar-refractivity contribution in [3.8, 4) is 11.5 Å². The molecule has 0 fully saturated rings. The number of benzene rings is 2. The maximum Gasteiger partial charge on any atom is 0.248 e. The Morgan fingerprint density at radius 2 is 1.91 bits per heavy atom. The molecule has 0 saturated heterocycles. The normalized spacial score (nSPS) is 10.5. The van der Waals surface area contributed by atoms with Crippen LogP contribution >= 0.6 is 15.9 Å². The van der Waals surface area contributed by atoms with Crippen LogP contribution in [-0.4, -0.2) is 20.1 Å². The molecule has 1 amide bonds. The summed E-state index contributed by atoms with van der Waals surface area (Å²) < 4.78 is 11.3. The molecular formula is C17H16BrNO3. The Morgan fingerprint density at radius 3 is 2.59 bits per heavy atom. The van der Waals surface area contributed by atoms with Crippen molar-refractivity contribution in [1.29, 1.82) is 0 Å². The van der Waals surface area contributed by atoms with E-state index in [-0.39, 0.29) is 5.91 Å². The van der Waals surface area contributed by atoms with Gasteiger partial charge in [-0.25, -0.2) is 0 Å². The third kappa shape index (κ3) is 4.11. The molecule has 0 atom stereocenters. The van der Waals surface area contributed by atoms with E-state index in [4.69, 9.17) is 9.47 Å². The van der Waals surface area contributed by atoms with Crippen molar-refractivity contribution in [2.24, 2.45) is 0 Å². The Hall–Kier alpha value is -2.27. The molecule has 0 unspecified atom stereocenters. The summed E-state index contributed by atoms with van der Waals surface area (Å²) in [6.07, 6.45) is 3.14. The van der Waals surface area contributed by atoms with Gasteiger partial charge in [0.25, 0.3) is 0 Å². The lowest BCUT2D eigenvalue weighted by Gasteiger charge is -2.07. The van der Waals surface area contributed by atoms with E-state index in [1.54, 1.807) is 38.5 Å². The quantitative estimate of drug-likeness (QED) is 0.814. The van der Waals surface area contributed by atoms with Crippen molar-refractivity contribution in [2.45, 2.75) is 0 Å². The number of amides is 1. The number of nitrogens with one attached hydrogen (secondary N) is 1. The van der Waals surface area contributed by atoms with Crippen molar-refractivity contribution >= 4 is 33.6 Å². The molecule has 4 nitrogen and oxygen atoms in total. The first-order valence-corrected chi connectivity index (χ1v) is 7.39. The highest BCUT2D eigenvalue weighted by Crippen LogP contribution is 2.25. The Balaban J connectivity index is 2.14. The minimum atomic E-state index is -0.225. The average Bonchev–Trinajstić information content (AvgIpc) is 2.54. The zero-order chi connectivity index (χ0) is 15.9. The third-order valence-electron chi connectivity index (χ3n) is 2.98. The monoisotopic (exact) mass is 361 g/mol. The van der Waals surface area contributed by atoms with Crippen LogP contribution in [0.1, 0.15) is 5.56 Å². The van der Waals surface area contributed by atoms with Gasteiger partial charge in [0.05, 0.1) is 19.9 Å². The van der Waals surface area contributed by atoms with E-state index in [1.165, 1.54) is 6.08 Å². The van der Waals surface area contributed by atoms with Gasteiger partial charge in [0.2, 0.25) is 5.91 Å². The predicted molar refractivity (Wildman–Crippen MR) is 91.4 cm³/mol. The van der Waals surface area contributed by atoms with Crippen LogP contribution in [0.5, 0.6) is 11.5 Å². The molecule has 0 bridgehead atoms. The van der Waals surface area contributed by atoms with E-state index in [9.17, 15) is 4.79 Å². The maximum absolute atomic E-state index is 12.0. The second-order valence-corrected chi connectivity index (χ2v) is 5.26. The van der Waals surface area contributed by atoms with Gasteiger partial charge in [-0.2, -0.15) is 0 Å². The van der Waals surface area contributed by atoms with Crippen molar-refractivity contribution in [1.82, 2.24) is 0 Å². The highest BCUT2D eigenvalue weighted by Gasteiger charge is 2.04. The molecule has 0 aromatic heterocycles. The number of hydrogen-bond donors (Lipinski definition) is 1. The highest BCUT2D eigenvalue weighted by molar-refractivity contribution is 9.10. The van der Waals surface area contributed by atoms with Crippen LogP contribution in [0.3, 0.4) is 0 Å². The fraction of sp³-hybridized carbons (Fsp3) is 0.118. The molecule has 0 aliphatic carbocycles. The highest BCUT2D eigenvalue weighted by atomic mass is 79.9. The van der Waals surface area contributed by atoms with Gasteiger partial charge in [0.15, 0.2) is 0 Å². The van der Waals surface area contributed by atoms with Gasteiger partial charge in [0, 0.05) is 16.1 Å². The molecule has 0 heterocycles. The Morgan fingerprint density at radius 1 is 1.14 bits per heavy atom. The molecule has 0 aliphatic heterocycles. The van der Waals surface area contributed by atoms with Gasteiger partial charge in [-0.05, 0) is 52.3 Å². The molecule has 2 aromatic carbocycles. The number of halogens is 1. The van der Waals surface area contributed by atoms with Crippen LogP contribution in [-0.2, 0) is 4.79 Å². The van der Waals surface area contributed by atoms with Crippen LogP contribution in [0.2, 0.25) is 0 Å². The largest absolute Gasteiger partial charge is 0.497 e. The van der Waals surface area contributed by atoms with Crippen LogP contribution in [0.15, 0.2) is 53.0 Å². The Kier molecular flexibility index (Phi) is 5.61. The number of para-hydroxylation sites is 1. The van der Waals surface area contributed by atoms with Crippen molar-refractivity contribution in [2.75, 3.05) is 19.5 Å². The van der Waals surface area contributed by atoms with E-state index in [1.807, 2.05) is 24.3 Å². The SMILES string of the molecule is COc1ccc(OC)c(/C=C/C(=O)Nc2ccccc2Br)c1. The van der Waals surface area contributed by atoms with Gasteiger partial charge >= 0.3 is 0 Å². The first-order valence-electron chi connectivity index (χ1n) is 6.59. The molecule has 0 aliphatic rings. The third-order valence-corrected chi connectivity index (χ3v) is 3.67. The number of hydrogen-bond acceptors (Lipinski definition) is 3. The number of carbonyl (C=O) groups is 1. The van der Waals surface area contributed by atoms with E-state index >= 15 is 0 Å². The van der Waals surface area contributed by atoms with Crippen LogP contribution in [0, 0.1) is 0 Å². The molecular weight excluding hydrogens is 346 g/mol. The average molecular weight is 362 g/mol. The molecule has 2 aromatic rings. The summed E-state index contributed by atoms with van der Waals surface area (Å²) in [5, 5.41) is 2.80. The van der Waals surface area contributed by atoms with Crippen molar-refractivity contribution in [3.05, 3.63) is 58.6 Å². The summed E-state index contributed by atoms with van der Waals surface area (Å²) >= 11 is 3.39. The molecule has 0 saturated carbocycles. The zero-order valence-electron chi connectivity index (χ0n) is 12.3.